The number of benzene rings is 1. The van der Waals surface area contributed by atoms with E-state index in [0.29, 0.717) is 35.0 Å². The molecule has 1 aromatic carbocycles. The molecule has 0 saturated heterocycles. The van der Waals surface area contributed by atoms with Crippen molar-refractivity contribution in [3.8, 4) is 16.0 Å². The van der Waals surface area contributed by atoms with Gasteiger partial charge in [-0.15, -0.1) is 34.0 Å². The lowest BCUT2D eigenvalue weighted by atomic mass is 10.0. The first-order valence-corrected chi connectivity index (χ1v) is 12.1. The van der Waals surface area contributed by atoms with Crippen LogP contribution in [0.5, 0.6) is 0 Å². The summed E-state index contributed by atoms with van der Waals surface area (Å²) in [6.07, 6.45) is 0.630. The molecule has 0 aliphatic carbocycles. The largest absolute Gasteiger partial charge is 0.337 e. The summed E-state index contributed by atoms with van der Waals surface area (Å²) in [5.74, 6) is -0.222. The van der Waals surface area contributed by atoms with E-state index in [0.717, 1.165) is 30.5 Å². The quantitative estimate of drug-likeness (QED) is 0.456. The summed E-state index contributed by atoms with van der Waals surface area (Å²) < 4.78 is 1.11. The van der Waals surface area contributed by atoms with Crippen molar-refractivity contribution in [2.45, 2.75) is 19.9 Å². The fraction of sp³-hybridized carbons (Fsp3) is 0.182. The van der Waals surface area contributed by atoms with Crippen LogP contribution in [0.15, 0.2) is 36.4 Å². The molecule has 0 spiro atoms. The van der Waals surface area contributed by atoms with E-state index in [9.17, 15) is 14.9 Å². The third kappa shape index (κ3) is 3.63. The molecule has 1 aliphatic rings. The number of rotatable bonds is 3. The Kier molecular flexibility index (Phi) is 5.06. The zero-order valence-corrected chi connectivity index (χ0v) is 18.9. The molecular weight excluding hydrogens is 448 g/mol. The van der Waals surface area contributed by atoms with Gasteiger partial charge in [0.15, 0.2) is 0 Å². The Morgan fingerprint density at radius 2 is 2.00 bits per heavy atom. The van der Waals surface area contributed by atoms with Gasteiger partial charge in [0, 0.05) is 18.3 Å². The van der Waals surface area contributed by atoms with Crippen LogP contribution in [0, 0.1) is 11.3 Å². The highest BCUT2D eigenvalue weighted by molar-refractivity contribution is 7.26. The molecule has 2 amide bonds. The Bertz CT molecular complexity index is 1340. The topological polar surface area (TPSA) is 86.1 Å². The van der Waals surface area contributed by atoms with Gasteiger partial charge in [-0.05, 0) is 36.2 Å². The SMILES string of the molecule is CC(=O)N1CCc2c(sc(NC(=O)c3ccc(-c4nc5ccccc5s4)s3)c2C#N)C1. The molecule has 31 heavy (non-hydrogen) atoms. The number of thiazole rings is 1. The number of hydrogen-bond acceptors (Lipinski definition) is 7. The zero-order chi connectivity index (χ0) is 21.5. The Morgan fingerprint density at radius 1 is 1.16 bits per heavy atom. The minimum atomic E-state index is -0.240. The summed E-state index contributed by atoms with van der Waals surface area (Å²) in [4.78, 5) is 33.5. The average Bonchev–Trinajstić information content (AvgIpc) is 3.48. The van der Waals surface area contributed by atoms with Crippen molar-refractivity contribution in [1.29, 1.82) is 5.26 Å². The van der Waals surface area contributed by atoms with E-state index in [4.69, 9.17) is 0 Å². The fourth-order valence-corrected chi connectivity index (χ4v) is 6.73. The normalized spacial score (nSPS) is 13.1. The first-order valence-electron chi connectivity index (χ1n) is 9.61. The number of nitriles is 1. The Labute approximate surface area is 190 Å². The van der Waals surface area contributed by atoms with Crippen LogP contribution in [0.1, 0.15) is 32.6 Å². The predicted octanol–water partition coefficient (Wildman–Crippen LogP) is 5.11. The molecule has 0 bridgehead atoms. The number of anilines is 1. The number of thiophene rings is 2. The molecule has 9 heteroatoms. The Hall–Kier alpha value is -3.06. The van der Waals surface area contributed by atoms with E-state index in [-0.39, 0.29) is 11.8 Å². The second-order valence-electron chi connectivity index (χ2n) is 7.12. The summed E-state index contributed by atoms with van der Waals surface area (Å²) in [7, 11) is 0. The van der Waals surface area contributed by atoms with Gasteiger partial charge in [0.1, 0.15) is 16.1 Å². The molecule has 3 aromatic heterocycles. The number of para-hydroxylation sites is 1. The van der Waals surface area contributed by atoms with E-state index in [1.165, 1.54) is 22.7 Å². The van der Waals surface area contributed by atoms with Crippen molar-refractivity contribution >= 4 is 61.0 Å². The lowest BCUT2D eigenvalue weighted by Crippen LogP contribution is -2.33. The molecule has 4 aromatic rings. The second-order valence-corrected chi connectivity index (χ2v) is 10.3. The summed E-state index contributed by atoms with van der Waals surface area (Å²) in [5.41, 5.74) is 2.41. The van der Waals surface area contributed by atoms with E-state index in [1.807, 2.05) is 30.3 Å². The minimum Gasteiger partial charge on any atom is -0.337 e. The monoisotopic (exact) mass is 464 g/mol. The third-order valence-corrected chi connectivity index (χ3v) is 8.60. The molecule has 4 heterocycles. The van der Waals surface area contributed by atoms with Crippen LogP contribution < -0.4 is 5.32 Å². The van der Waals surface area contributed by atoms with Crippen LogP contribution in [0.3, 0.4) is 0 Å². The van der Waals surface area contributed by atoms with Crippen molar-refractivity contribution in [2.24, 2.45) is 0 Å². The molecule has 0 saturated carbocycles. The highest BCUT2D eigenvalue weighted by Gasteiger charge is 2.26. The second kappa shape index (κ2) is 7.89. The van der Waals surface area contributed by atoms with E-state index < -0.39 is 0 Å². The number of nitrogens with one attached hydrogen (secondary N) is 1. The van der Waals surface area contributed by atoms with Crippen molar-refractivity contribution in [3.63, 3.8) is 0 Å². The van der Waals surface area contributed by atoms with Crippen LogP contribution in [-0.2, 0) is 17.8 Å². The molecule has 5 rings (SSSR count). The van der Waals surface area contributed by atoms with Gasteiger partial charge < -0.3 is 10.2 Å². The Balaban J connectivity index is 1.39. The molecule has 6 nitrogen and oxygen atoms in total. The average molecular weight is 465 g/mol. The fourth-order valence-electron chi connectivity index (χ4n) is 3.60. The maximum absolute atomic E-state index is 12.9. The maximum Gasteiger partial charge on any atom is 0.266 e. The number of fused-ring (bicyclic) bond motifs is 2. The highest BCUT2D eigenvalue weighted by Crippen LogP contribution is 2.38. The van der Waals surface area contributed by atoms with Crippen molar-refractivity contribution in [3.05, 3.63) is 57.3 Å². The predicted molar refractivity (Wildman–Crippen MR) is 125 cm³/mol. The molecule has 154 valence electrons. The van der Waals surface area contributed by atoms with E-state index in [1.54, 1.807) is 29.2 Å². The Morgan fingerprint density at radius 3 is 2.77 bits per heavy atom. The van der Waals surface area contributed by atoms with Gasteiger partial charge in [0.2, 0.25) is 5.91 Å². The molecule has 0 atom stereocenters. The molecule has 0 radical (unpaired) electrons. The molecule has 0 unspecified atom stereocenters. The third-order valence-electron chi connectivity index (χ3n) is 5.18. The van der Waals surface area contributed by atoms with Crippen LogP contribution in [-0.4, -0.2) is 28.2 Å². The zero-order valence-electron chi connectivity index (χ0n) is 16.5. The van der Waals surface area contributed by atoms with Gasteiger partial charge in [0.25, 0.3) is 5.91 Å². The van der Waals surface area contributed by atoms with Crippen molar-refractivity contribution in [2.75, 3.05) is 11.9 Å². The standard InChI is InChI=1S/C22H16N4O2S3/c1-12(27)26-9-8-13-14(10-23)21(31-19(13)11-26)25-20(28)17-6-7-18(29-17)22-24-15-4-2-3-5-16(15)30-22/h2-7H,8-9,11H2,1H3,(H,25,28). The number of carbonyl (C=O) groups is 2. The van der Waals surface area contributed by atoms with Crippen molar-refractivity contribution < 1.29 is 9.59 Å². The maximum atomic E-state index is 12.9. The summed E-state index contributed by atoms with van der Waals surface area (Å²) in [5, 5.41) is 14.0. The highest BCUT2D eigenvalue weighted by atomic mass is 32.1. The summed E-state index contributed by atoms with van der Waals surface area (Å²) >= 11 is 4.37. The first kappa shape index (κ1) is 19.9. The van der Waals surface area contributed by atoms with Gasteiger partial charge in [-0.25, -0.2) is 4.98 Å². The van der Waals surface area contributed by atoms with Gasteiger partial charge in [-0.1, -0.05) is 12.1 Å². The smallest absolute Gasteiger partial charge is 0.266 e. The van der Waals surface area contributed by atoms with Crippen LogP contribution >= 0.6 is 34.0 Å². The van der Waals surface area contributed by atoms with E-state index in [2.05, 4.69) is 16.4 Å². The lowest BCUT2D eigenvalue weighted by molar-refractivity contribution is -0.129. The van der Waals surface area contributed by atoms with Gasteiger partial charge in [-0.3, -0.25) is 9.59 Å². The molecule has 1 N–H and O–H groups in total. The minimum absolute atomic E-state index is 0.0177. The first-order chi connectivity index (χ1) is 15.0. The van der Waals surface area contributed by atoms with Crippen LogP contribution in [0.4, 0.5) is 5.00 Å². The summed E-state index contributed by atoms with van der Waals surface area (Å²) in [6.45, 7) is 2.63. The summed E-state index contributed by atoms with van der Waals surface area (Å²) in [6, 6.07) is 13.9. The molecule has 1 aliphatic heterocycles. The molecule has 0 fully saturated rings. The number of aromatic nitrogens is 1. The van der Waals surface area contributed by atoms with Crippen LogP contribution in [0.2, 0.25) is 0 Å². The van der Waals surface area contributed by atoms with Crippen molar-refractivity contribution in [1.82, 2.24) is 9.88 Å². The van der Waals surface area contributed by atoms with E-state index >= 15 is 0 Å². The van der Waals surface area contributed by atoms with Gasteiger partial charge in [-0.2, -0.15) is 5.26 Å². The van der Waals surface area contributed by atoms with Crippen LogP contribution in [0.25, 0.3) is 20.1 Å². The number of nitrogens with zero attached hydrogens (tertiary/aromatic N) is 3. The van der Waals surface area contributed by atoms with Gasteiger partial charge >= 0.3 is 0 Å². The van der Waals surface area contributed by atoms with Gasteiger partial charge in [0.05, 0.1) is 32.1 Å². The molecular formula is C22H16N4O2S3. The number of carbonyl (C=O) groups excluding carboxylic acids is 2. The number of hydrogen-bond donors (Lipinski definition) is 1. The lowest BCUT2D eigenvalue weighted by Gasteiger charge is -2.25. The number of amides is 2.